The zero-order chi connectivity index (χ0) is 14.5. The lowest BCUT2D eigenvalue weighted by atomic mass is 9.95. The molecule has 4 nitrogen and oxygen atoms in total. The third-order valence-corrected chi connectivity index (χ3v) is 4.00. The molecule has 5 heteroatoms. The van der Waals surface area contributed by atoms with Crippen molar-refractivity contribution in [1.29, 1.82) is 0 Å². The first-order valence-electron chi connectivity index (χ1n) is 6.05. The maximum absolute atomic E-state index is 12.0. The zero-order valence-corrected chi connectivity index (χ0v) is 12.9. The van der Waals surface area contributed by atoms with E-state index in [1.54, 1.807) is 31.2 Å². The second kappa shape index (κ2) is 6.70. The minimum absolute atomic E-state index is 0.0757. The first-order valence-corrected chi connectivity index (χ1v) is 7.17. The van der Waals surface area contributed by atoms with E-state index in [4.69, 9.17) is 4.74 Å². The van der Waals surface area contributed by atoms with Crippen LogP contribution in [0.1, 0.15) is 31.1 Å². The van der Waals surface area contributed by atoms with Gasteiger partial charge < -0.3 is 10.1 Å². The van der Waals surface area contributed by atoms with Crippen LogP contribution in [0.5, 0.6) is 0 Å². The fourth-order valence-electron chi connectivity index (χ4n) is 1.27. The Morgan fingerprint density at radius 3 is 2.32 bits per heavy atom. The minimum atomic E-state index is -0.486. The second-order valence-electron chi connectivity index (χ2n) is 4.77. The highest BCUT2D eigenvalue weighted by atomic mass is 79.9. The Morgan fingerprint density at radius 1 is 1.26 bits per heavy atom. The van der Waals surface area contributed by atoms with E-state index >= 15 is 0 Å². The predicted molar refractivity (Wildman–Crippen MR) is 78.6 cm³/mol. The number of benzene rings is 1. The second-order valence-corrected chi connectivity index (χ2v) is 5.33. The number of nitrogens with one attached hydrogen (secondary N) is 1. The van der Waals surface area contributed by atoms with Crippen molar-refractivity contribution in [2.45, 2.75) is 20.8 Å². The largest absolute Gasteiger partial charge is 0.462 e. The molecule has 1 aromatic rings. The van der Waals surface area contributed by atoms with Gasteiger partial charge in [0.1, 0.15) is 0 Å². The Labute approximate surface area is 121 Å². The van der Waals surface area contributed by atoms with Gasteiger partial charge >= 0.3 is 5.97 Å². The molecule has 0 saturated carbocycles. The van der Waals surface area contributed by atoms with E-state index in [1.165, 1.54) is 0 Å². The molecule has 104 valence electrons. The van der Waals surface area contributed by atoms with Crippen molar-refractivity contribution in [2.75, 3.05) is 17.3 Å². The highest BCUT2D eigenvalue weighted by Crippen LogP contribution is 2.21. The topological polar surface area (TPSA) is 55.4 Å². The SMILES string of the molecule is CCOC(=O)c1ccc(NC(=O)C(C)(C)CBr)cc1. The van der Waals surface area contributed by atoms with Crippen molar-refractivity contribution >= 4 is 33.5 Å². The summed E-state index contributed by atoms with van der Waals surface area (Å²) in [6.07, 6.45) is 0. The summed E-state index contributed by atoms with van der Waals surface area (Å²) in [5.41, 5.74) is 0.645. The molecular weight excluding hydrogens is 310 g/mol. The molecule has 1 amide bonds. The summed E-state index contributed by atoms with van der Waals surface area (Å²) in [7, 11) is 0. The number of hydrogen-bond donors (Lipinski definition) is 1. The van der Waals surface area contributed by atoms with Crippen molar-refractivity contribution in [3.63, 3.8) is 0 Å². The maximum Gasteiger partial charge on any atom is 0.338 e. The molecule has 1 N–H and O–H groups in total. The molecule has 0 radical (unpaired) electrons. The summed E-state index contributed by atoms with van der Waals surface area (Å²) in [4.78, 5) is 23.4. The van der Waals surface area contributed by atoms with Crippen LogP contribution in [0.25, 0.3) is 0 Å². The first kappa shape index (κ1) is 15.7. The van der Waals surface area contributed by atoms with Gasteiger partial charge in [-0.2, -0.15) is 0 Å². The van der Waals surface area contributed by atoms with Gasteiger partial charge in [-0.05, 0) is 31.2 Å². The molecule has 0 fully saturated rings. The van der Waals surface area contributed by atoms with Gasteiger partial charge in [-0.15, -0.1) is 0 Å². The van der Waals surface area contributed by atoms with Gasteiger partial charge in [0.25, 0.3) is 0 Å². The molecule has 0 unspecified atom stereocenters. The molecule has 0 aliphatic heterocycles. The summed E-state index contributed by atoms with van der Waals surface area (Å²) in [5, 5.41) is 3.39. The monoisotopic (exact) mass is 327 g/mol. The smallest absolute Gasteiger partial charge is 0.338 e. The van der Waals surface area contributed by atoms with Crippen molar-refractivity contribution in [3.8, 4) is 0 Å². The van der Waals surface area contributed by atoms with E-state index in [1.807, 2.05) is 13.8 Å². The van der Waals surface area contributed by atoms with E-state index in [0.29, 0.717) is 23.2 Å². The van der Waals surface area contributed by atoms with Crippen molar-refractivity contribution in [2.24, 2.45) is 5.41 Å². The molecule has 0 spiro atoms. The number of rotatable bonds is 5. The first-order chi connectivity index (χ1) is 8.90. The molecule has 0 heterocycles. The Bertz CT molecular complexity index is 454. The number of anilines is 1. The van der Waals surface area contributed by atoms with Crippen LogP contribution < -0.4 is 5.32 Å². The molecule has 1 rings (SSSR count). The Balaban J connectivity index is 2.72. The van der Waals surface area contributed by atoms with Gasteiger partial charge in [0.05, 0.1) is 17.6 Å². The van der Waals surface area contributed by atoms with Gasteiger partial charge in [-0.3, -0.25) is 4.79 Å². The van der Waals surface area contributed by atoms with E-state index in [9.17, 15) is 9.59 Å². The Hall–Kier alpha value is -1.36. The molecule has 0 aliphatic carbocycles. The van der Waals surface area contributed by atoms with Crippen LogP contribution in [0.2, 0.25) is 0 Å². The summed E-state index contributed by atoms with van der Waals surface area (Å²) in [5.74, 6) is -0.436. The van der Waals surface area contributed by atoms with Crippen molar-refractivity contribution in [1.82, 2.24) is 0 Å². The van der Waals surface area contributed by atoms with E-state index < -0.39 is 5.41 Å². The van der Waals surface area contributed by atoms with Crippen LogP contribution in [-0.2, 0) is 9.53 Å². The third kappa shape index (κ3) is 4.35. The highest BCUT2D eigenvalue weighted by molar-refractivity contribution is 9.09. The van der Waals surface area contributed by atoms with Crippen LogP contribution in [0.3, 0.4) is 0 Å². The number of carbonyl (C=O) groups is 2. The summed E-state index contributed by atoms with van der Waals surface area (Å²) < 4.78 is 4.89. The van der Waals surface area contributed by atoms with Crippen molar-refractivity contribution < 1.29 is 14.3 Å². The number of alkyl halides is 1. The van der Waals surface area contributed by atoms with E-state index in [0.717, 1.165) is 0 Å². The summed E-state index contributed by atoms with van der Waals surface area (Å²) >= 11 is 3.31. The van der Waals surface area contributed by atoms with Crippen LogP contribution in [0, 0.1) is 5.41 Å². The third-order valence-electron chi connectivity index (χ3n) is 2.60. The van der Waals surface area contributed by atoms with E-state index in [2.05, 4.69) is 21.2 Å². The molecular formula is C14H18BrNO3. The van der Waals surface area contributed by atoms with Crippen molar-refractivity contribution in [3.05, 3.63) is 29.8 Å². The summed E-state index contributed by atoms with van der Waals surface area (Å²) in [6.45, 7) is 5.81. The average Bonchev–Trinajstić information content (AvgIpc) is 2.39. The number of amides is 1. The maximum atomic E-state index is 12.0. The van der Waals surface area contributed by atoms with Gasteiger partial charge in [-0.25, -0.2) is 4.79 Å². The van der Waals surface area contributed by atoms with Gasteiger partial charge in [0.15, 0.2) is 0 Å². The average molecular weight is 328 g/mol. The lowest BCUT2D eigenvalue weighted by Gasteiger charge is -2.20. The molecule has 0 bridgehead atoms. The normalized spacial score (nSPS) is 10.9. The zero-order valence-electron chi connectivity index (χ0n) is 11.3. The predicted octanol–water partition coefficient (Wildman–Crippen LogP) is 3.22. The van der Waals surface area contributed by atoms with Crippen LogP contribution in [0.4, 0.5) is 5.69 Å². The van der Waals surface area contributed by atoms with E-state index in [-0.39, 0.29) is 11.9 Å². The highest BCUT2D eigenvalue weighted by Gasteiger charge is 2.26. The number of esters is 1. The molecule has 0 aromatic heterocycles. The van der Waals surface area contributed by atoms with Crippen LogP contribution in [0.15, 0.2) is 24.3 Å². The number of ether oxygens (including phenoxy) is 1. The lowest BCUT2D eigenvalue weighted by molar-refractivity contribution is -0.122. The number of halogens is 1. The fraction of sp³-hybridized carbons (Fsp3) is 0.429. The van der Waals surface area contributed by atoms with Crippen LogP contribution in [-0.4, -0.2) is 23.8 Å². The molecule has 19 heavy (non-hydrogen) atoms. The Morgan fingerprint density at radius 2 is 1.84 bits per heavy atom. The summed E-state index contributed by atoms with van der Waals surface area (Å²) in [6, 6.07) is 6.65. The molecule has 0 aliphatic rings. The standard InChI is InChI=1S/C14H18BrNO3/c1-4-19-12(17)10-5-7-11(8-6-10)16-13(18)14(2,3)9-15/h5-8H,4,9H2,1-3H3,(H,16,18). The minimum Gasteiger partial charge on any atom is -0.462 e. The van der Waals surface area contributed by atoms with Crippen LogP contribution >= 0.6 is 15.9 Å². The van der Waals surface area contributed by atoms with Gasteiger partial charge in [-0.1, -0.05) is 29.8 Å². The number of hydrogen-bond acceptors (Lipinski definition) is 3. The van der Waals surface area contributed by atoms with Gasteiger partial charge in [0.2, 0.25) is 5.91 Å². The number of carbonyl (C=O) groups excluding carboxylic acids is 2. The quantitative estimate of drug-likeness (QED) is 0.667. The molecule has 0 atom stereocenters. The van der Waals surface area contributed by atoms with Gasteiger partial charge in [0, 0.05) is 11.0 Å². The Kier molecular flexibility index (Phi) is 5.54. The molecule has 0 saturated heterocycles. The molecule has 1 aromatic carbocycles. The lowest BCUT2D eigenvalue weighted by Crippen LogP contribution is -2.32. The fourth-order valence-corrected chi connectivity index (χ4v) is 1.52.